The Morgan fingerprint density at radius 3 is 3.00 bits per heavy atom. The fraction of sp³-hybridized carbons (Fsp3) is 0. The number of pyridine rings is 1. The molecule has 0 amide bonds. The topological polar surface area (TPSA) is 37.5 Å². The summed E-state index contributed by atoms with van der Waals surface area (Å²) in [5.41, 5.74) is 0.648. The van der Waals surface area contributed by atoms with Gasteiger partial charge < -0.3 is 5.11 Å². The molecule has 0 fully saturated rings. The summed E-state index contributed by atoms with van der Waals surface area (Å²) in [6.07, 6.45) is 1.36. The van der Waals surface area contributed by atoms with E-state index in [0.717, 1.165) is 0 Å². The number of rotatable bonds is 0. The predicted octanol–water partition coefficient (Wildman–Crippen LogP) is 1.69. The fourth-order valence-corrected chi connectivity index (χ4v) is 1.23. The highest BCUT2D eigenvalue weighted by atomic mass is 35.5. The molecule has 56 valence electrons. The number of hydrogen-bond acceptors (Lipinski definition) is 2. The molecule has 0 aromatic carbocycles. The summed E-state index contributed by atoms with van der Waals surface area (Å²) in [5, 5.41) is 9.66. The Balaban J connectivity index is 2.96. The standard InChI is InChI=1S/C7H5ClN2O/c8-5-2-1-3-6-9-4-7(11)10(5)6/h1-4,11H. The molecule has 0 unspecified atom stereocenters. The highest BCUT2D eigenvalue weighted by Gasteiger charge is 2.02. The Hall–Kier alpha value is -1.22. The van der Waals surface area contributed by atoms with Gasteiger partial charge in [0.1, 0.15) is 10.8 Å². The Labute approximate surface area is 67.9 Å². The van der Waals surface area contributed by atoms with Gasteiger partial charge in [-0.25, -0.2) is 4.98 Å². The maximum atomic E-state index is 9.21. The Morgan fingerprint density at radius 1 is 1.45 bits per heavy atom. The van der Waals surface area contributed by atoms with Gasteiger partial charge in [0.15, 0.2) is 0 Å². The number of nitrogens with zero attached hydrogens (tertiary/aromatic N) is 2. The van der Waals surface area contributed by atoms with E-state index in [4.69, 9.17) is 11.6 Å². The maximum absolute atomic E-state index is 9.21. The van der Waals surface area contributed by atoms with E-state index in [1.54, 1.807) is 18.2 Å². The highest BCUT2D eigenvalue weighted by molar-refractivity contribution is 6.29. The first-order valence-corrected chi connectivity index (χ1v) is 3.48. The molecule has 0 aliphatic carbocycles. The van der Waals surface area contributed by atoms with Crippen LogP contribution in [0, 0.1) is 0 Å². The third-order valence-corrected chi connectivity index (χ3v) is 1.76. The number of aromatic nitrogens is 2. The number of hydrogen-bond donors (Lipinski definition) is 1. The van der Waals surface area contributed by atoms with Gasteiger partial charge in [0, 0.05) is 0 Å². The summed E-state index contributed by atoms with van der Waals surface area (Å²) in [7, 11) is 0. The molecule has 0 aliphatic rings. The van der Waals surface area contributed by atoms with Crippen LogP contribution < -0.4 is 0 Å². The van der Waals surface area contributed by atoms with Gasteiger partial charge in [0.25, 0.3) is 0 Å². The average Bonchev–Trinajstić information content (AvgIpc) is 2.34. The van der Waals surface area contributed by atoms with E-state index in [2.05, 4.69) is 4.98 Å². The zero-order valence-electron chi connectivity index (χ0n) is 5.53. The zero-order chi connectivity index (χ0) is 7.84. The minimum atomic E-state index is 0.0607. The molecule has 0 saturated carbocycles. The third kappa shape index (κ3) is 0.851. The first-order chi connectivity index (χ1) is 5.29. The molecular formula is C7H5ClN2O. The van der Waals surface area contributed by atoms with Gasteiger partial charge in [-0.1, -0.05) is 17.7 Å². The van der Waals surface area contributed by atoms with Crippen LogP contribution in [0.1, 0.15) is 0 Å². The zero-order valence-corrected chi connectivity index (χ0v) is 6.28. The van der Waals surface area contributed by atoms with Crippen LogP contribution in [-0.4, -0.2) is 14.5 Å². The molecule has 0 atom stereocenters. The SMILES string of the molecule is Oc1cnc2cccc(Cl)n12. The number of halogens is 1. The van der Waals surface area contributed by atoms with E-state index < -0.39 is 0 Å². The second kappa shape index (κ2) is 2.13. The van der Waals surface area contributed by atoms with Crippen LogP contribution in [0.15, 0.2) is 24.4 Å². The Kier molecular flexibility index (Phi) is 1.26. The van der Waals surface area contributed by atoms with Crippen molar-refractivity contribution in [1.29, 1.82) is 0 Å². The normalized spacial score (nSPS) is 10.6. The van der Waals surface area contributed by atoms with Crippen LogP contribution in [0.5, 0.6) is 5.88 Å². The number of fused-ring (bicyclic) bond motifs is 1. The van der Waals surface area contributed by atoms with Gasteiger partial charge in [0.2, 0.25) is 5.88 Å². The molecular weight excluding hydrogens is 164 g/mol. The molecule has 2 heterocycles. The van der Waals surface area contributed by atoms with Crippen LogP contribution in [0.3, 0.4) is 0 Å². The predicted molar refractivity (Wildman–Crippen MR) is 41.9 cm³/mol. The van der Waals surface area contributed by atoms with Crippen molar-refractivity contribution >= 4 is 17.2 Å². The first-order valence-electron chi connectivity index (χ1n) is 3.10. The van der Waals surface area contributed by atoms with Crippen LogP contribution in [0.25, 0.3) is 5.65 Å². The monoisotopic (exact) mass is 168 g/mol. The molecule has 3 nitrogen and oxygen atoms in total. The summed E-state index contributed by atoms with van der Waals surface area (Å²) in [6, 6.07) is 5.24. The minimum Gasteiger partial charge on any atom is -0.493 e. The fourth-order valence-electron chi connectivity index (χ4n) is 0.981. The van der Waals surface area contributed by atoms with E-state index in [-0.39, 0.29) is 5.88 Å². The first kappa shape index (κ1) is 6.49. The van der Waals surface area contributed by atoms with E-state index in [1.807, 2.05) is 0 Å². The lowest BCUT2D eigenvalue weighted by Gasteiger charge is -1.96. The summed E-state index contributed by atoms with van der Waals surface area (Å²) < 4.78 is 1.46. The molecule has 2 rings (SSSR count). The van der Waals surface area contributed by atoms with Crippen LogP contribution >= 0.6 is 11.6 Å². The van der Waals surface area contributed by atoms with Crippen molar-refractivity contribution < 1.29 is 5.11 Å². The lowest BCUT2D eigenvalue weighted by molar-refractivity contribution is 0.448. The molecule has 2 aromatic heterocycles. The van der Waals surface area contributed by atoms with Crippen molar-refractivity contribution in [3.63, 3.8) is 0 Å². The van der Waals surface area contributed by atoms with E-state index >= 15 is 0 Å². The molecule has 0 spiro atoms. The van der Waals surface area contributed by atoms with Gasteiger partial charge in [-0.15, -0.1) is 0 Å². The Morgan fingerprint density at radius 2 is 2.27 bits per heavy atom. The molecule has 0 aliphatic heterocycles. The van der Waals surface area contributed by atoms with Crippen LogP contribution in [-0.2, 0) is 0 Å². The van der Waals surface area contributed by atoms with Gasteiger partial charge in [0.05, 0.1) is 6.20 Å². The molecule has 0 saturated heterocycles. The van der Waals surface area contributed by atoms with Crippen molar-refractivity contribution in [2.24, 2.45) is 0 Å². The quantitative estimate of drug-likeness (QED) is 0.608. The summed E-state index contributed by atoms with van der Waals surface area (Å²) in [6.45, 7) is 0. The van der Waals surface area contributed by atoms with Crippen LogP contribution in [0.2, 0.25) is 5.15 Å². The summed E-state index contributed by atoms with van der Waals surface area (Å²) >= 11 is 5.77. The van der Waals surface area contributed by atoms with Crippen molar-refractivity contribution in [2.45, 2.75) is 0 Å². The van der Waals surface area contributed by atoms with Crippen LogP contribution in [0.4, 0.5) is 0 Å². The third-order valence-electron chi connectivity index (χ3n) is 1.46. The van der Waals surface area contributed by atoms with E-state index in [0.29, 0.717) is 10.8 Å². The van der Waals surface area contributed by atoms with Gasteiger partial charge in [-0.05, 0) is 12.1 Å². The van der Waals surface area contributed by atoms with Crippen molar-refractivity contribution in [2.75, 3.05) is 0 Å². The largest absolute Gasteiger partial charge is 0.493 e. The second-order valence-corrected chi connectivity index (χ2v) is 2.55. The van der Waals surface area contributed by atoms with Gasteiger partial charge in [-0.2, -0.15) is 0 Å². The number of aromatic hydroxyl groups is 1. The second-order valence-electron chi connectivity index (χ2n) is 2.16. The minimum absolute atomic E-state index is 0.0607. The number of imidazole rings is 1. The smallest absolute Gasteiger partial charge is 0.217 e. The molecule has 4 heteroatoms. The van der Waals surface area contributed by atoms with Crippen molar-refractivity contribution in [1.82, 2.24) is 9.38 Å². The van der Waals surface area contributed by atoms with E-state index in [1.165, 1.54) is 10.6 Å². The maximum Gasteiger partial charge on any atom is 0.217 e. The average molecular weight is 169 g/mol. The Bertz CT molecular complexity index is 396. The molecule has 0 radical (unpaired) electrons. The van der Waals surface area contributed by atoms with Crippen molar-refractivity contribution in [3.05, 3.63) is 29.5 Å². The molecule has 2 aromatic rings. The molecule has 0 bridgehead atoms. The van der Waals surface area contributed by atoms with Gasteiger partial charge >= 0.3 is 0 Å². The summed E-state index contributed by atoms with van der Waals surface area (Å²) in [5.74, 6) is 0.0607. The molecule has 11 heavy (non-hydrogen) atoms. The lowest BCUT2D eigenvalue weighted by Crippen LogP contribution is -1.84. The van der Waals surface area contributed by atoms with E-state index in [9.17, 15) is 5.11 Å². The van der Waals surface area contributed by atoms with Gasteiger partial charge in [-0.3, -0.25) is 4.40 Å². The summed E-state index contributed by atoms with van der Waals surface area (Å²) in [4.78, 5) is 3.91. The lowest BCUT2D eigenvalue weighted by atomic mass is 10.5. The van der Waals surface area contributed by atoms with Crippen molar-refractivity contribution in [3.8, 4) is 5.88 Å². The molecule has 1 N–H and O–H groups in total. The highest BCUT2D eigenvalue weighted by Crippen LogP contribution is 2.18.